The molecule has 0 saturated carbocycles. The van der Waals surface area contributed by atoms with Crippen LogP contribution in [0.1, 0.15) is 17.4 Å². The van der Waals surface area contributed by atoms with Crippen LogP contribution < -0.4 is 15.6 Å². The van der Waals surface area contributed by atoms with Crippen LogP contribution in [0.3, 0.4) is 0 Å². The Kier molecular flexibility index (Phi) is 4.32. The molecule has 1 heterocycles. The highest BCUT2D eigenvalue weighted by Crippen LogP contribution is 2.25. The van der Waals surface area contributed by atoms with E-state index in [1.165, 1.54) is 37.4 Å². The number of anilines is 1. The first-order valence-corrected chi connectivity index (χ1v) is 6.29. The number of hydrogen-bond donors (Lipinski definition) is 1. The zero-order valence-electron chi connectivity index (χ0n) is 11.6. The fourth-order valence-electron chi connectivity index (χ4n) is 1.68. The molecule has 2 rings (SSSR count). The summed E-state index contributed by atoms with van der Waals surface area (Å²) in [6.07, 6.45) is 0. The molecule has 0 aliphatic heterocycles. The molecule has 21 heavy (non-hydrogen) atoms. The van der Waals surface area contributed by atoms with Crippen molar-refractivity contribution in [2.24, 2.45) is 7.05 Å². The highest BCUT2D eigenvalue weighted by atomic mass is 19.1. The first kappa shape index (κ1) is 14.7. The molecule has 1 aromatic heterocycles. The molecule has 0 aliphatic carbocycles. The van der Waals surface area contributed by atoms with Crippen LogP contribution in [0.4, 0.5) is 10.1 Å². The molecule has 0 bridgehead atoms. The van der Waals surface area contributed by atoms with Gasteiger partial charge in [0.05, 0.1) is 12.3 Å². The average Bonchev–Trinajstić information content (AvgIpc) is 2.45. The van der Waals surface area contributed by atoms with E-state index >= 15 is 0 Å². The third kappa shape index (κ3) is 3.44. The minimum absolute atomic E-state index is 0.0730. The number of carbonyl (C=O) groups excluding carboxylic acids is 1. The van der Waals surface area contributed by atoms with Crippen LogP contribution in [0, 0.1) is 5.82 Å². The minimum atomic E-state index is -0.516. The van der Waals surface area contributed by atoms with Crippen molar-refractivity contribution in [2.45, 2.75) is 6.92 Å². The van der Waals surface area contributed by atoms with E-state index < -0.39 is 11.7 Å². The largest absolute Gasteiger partial charge is 0.492 e. The van der Waals surface area contributed by atoms with Crippen molar-refractivity contribution in [1.82, 2.24) is 9.78 Å². The van der Waals surface area contributed by atoms with Crippen LogP contribution in [0.2, 0.25) is 0 Å². The molecule has 0 aliphatic rings. The molecule has 1 N–H and O–H groups in total. The van der Waals surface area contributed by atoms with Gasteiger partial charge in [0.2, 0.25) is 0 Å². The highest BCUT2D eigenvalue weighted by molar-refractivity contribution is 6.03. The molecular weight excluding hydrogens is 277 g/mol. The van der Waals surface area contributed by atoms with Gasteiger partial charge in [0, 0.05) is 19.2 Å². The summed E-state index contributed by atoms with van der Waals surface area (Å²) in [6, 6.07) is 6.37. The fraction of sp³-hybridized carbons (Fsp3) is 0.214. The number of hydrogen-bond acceptors (Lipinski definition) is 4. The number of carbonyl (C=O) groups is 1. The molecule has 7 heteroatoms. The standard InChI is InChI=1S/C14H14FN3O3/c1-3-21-12-8-9(15)4-5-10(12)16-14(20)11-6-7-13(19)18(2)17-11/h4-8H,3H2,1-2H3,(H,16,20). The zero-order chi connectivity index (χ0) is 15.4. The van der Waals surface area contributed by atoms with Crippen LogP contribution >= 0.6 is 0 Å². The maximum Gasteiger partial charge on any atom is 0.276 e. The predicted octanol–water partition coefficient (Wildman–Crippen LogP) is 1.57. The molecule has 1 amide bonds. The predicted molar refractivity (Wildman–Crippen MR) is 75.0 cm³/mol. The Hall–Kier alpha value is -2.70. The maximum atomic E-state index is 13.2. The molecule has 0 fully saturated rings. The van der Waals surface area contributed by atoms with Crippen molar-refractivity contribution in [3.8, 4) is 5.75 Å². The lowest BCUT2D eigenvalue weighted by Gasteiger charge is -2.11. The first-order chi connectivity index (χ1) is 10.0. The maximum absolute atomic E-state index is 13.2. The van der Waals surface area contributed by atoms with Gasteiger partial charge in [0.25, 0.3) is 11.5 Å². The number of amides is 1. The molecular formula is C14H14FN3O3. The normalized spacial score (nSPS) is 10.2. The van der Waals surface area contributed by atoms with E-state index in [4.69, 9.17) is 4.74 Å². The topological polar surface area (TPSA) is 73.2 Å². The summed E-state index contributed by atoms with van der Waals surface area (Å²) in [6.45, 7) is 2.09. The summed E-state index contributed by atoms with van der Waals surface area (Å²) in [4.78, 5) is 23.3. The third-order valence-corrected chi connectivity index (χ3v) is 2.68. The Morgan fingerprint density at radius 1 is 1.38 bits per heavy atom. The van der Waals surface area contributed by atoms with Gasteiger partial charge >= 0.3 is 0 Å². The lowest BCUT2D eigenvalue weighted by molar-refractivity contribution is 0.101. The number of rotatable bonds is 4. The second-order valence-corrected chi connectivity index (χ2v) is 4.21. The van der Waals surface area contributed by atoms with Gasteiger partial charge in [-0.25, -0.2) is 9.07 Å². The highest BCUT2D eigenvalue weighted by Gasteiger charge is 2.12. The van der Waals surface area contributed by atoms with Crippen molar-refractivity contribution >= 4 is 11.6 Å². The van der Waals surface area contributed by atoms with Crippen molar-refractivity contribution in [2.75, 3.05) is 11.9 Å². The Morgan fingerprint density at radius 2 is 2.14 bits per heavy atom. The molecule has 0 spiro atoms. The number of nitrogens with one attached hydrogen (secondary N) is 1. The smallest absolute Gasteiger partial charge is 0.276 e. The summed E-state index contributed by atoms with van der Waals surface area (Å²) in [5.74, 6) is -0.745. The number of ether oxygens (including phenoxy) is 1. The number of aryl methyl sites for hydroxylation is 1. The lowest BCUT2D eigenvalue weighted by Crippen LogP contribution is -2.23. The summed E-state index contributed by atoms with van der Waals surface area (Å²) < 4.78 is 19.5. The molecule has 0 atom stereocenters. The van der Waals surface area contributed by atoms with Crippen LogP contribution in [0.15, 0.2) is 35.1 Å². The number of halogens is 1. The van der Waals surface area contributed by atoms with Gasteiger partial charge in [0.15, 0.2) is 0 Å². The van der Waals surface area contributed by atoms with Gasteiger partial charge in [0.1, 0.15) is 17.3 Å². The summed E-state index contributed by atoms with van der Waals surface area (Å²) in [5.41, 5.74) is 0.0890. The molecule has 0 saturated heterocycles. The van der Waals surface area contributed by atoms with E-state index in [1.807, 2.05) is 0 Å². The van der Waals surface area contributed by atoms with Crippen LogP contribution in [-0.4, -0.2) is 22.3 Å². The van der Waals surface area contributed by atoms with Crippen LogP contribution in [-0.2, 0) is 7.05 Å². The molecule has 110 valence electrons. The SMILES string of the molecule is CCOc1cc(F)ccc1NC(=O)c1ccc(=O)n(C)n1. The third-order valence-electron chi connectivity index (χ3n) is 2.68. The van der Waals surface area contributed by atoms with Crippen LogP contribution in [0.25, 0.3) is 0 Å². The van der Waals surface area contributed by atoms with Gasteiger partial charge in [-0.3, -0.25) is 9.59 Å². The molecule has 1 aromatic carbocycles. The first-order valence-electron chi connectivity index (χ1n) is 6.29. The van der Waals surface area contributed by atoms with Gasteiger partial charge in [-0.05, 0) is 25.1 Å². The zero-order valence-corrected chi connectivity index (χ0v) is 11.6. The van der Waals surface area contributed by atoms with Gasteiger partial charge in [-0.1, -0.05) is 0 Å². The Balaban J connectivity index is 2.26. The van der Waals surface area contributed by atoms with E-state index in [9.17, 15) is 14.0 Å². The molecule has 0 radical (unpaired) electrons. The number of aromatic nitrogens is 2. The van der Waals surface area contributed by atoms with Crippen molar-refractivity contribution < 1.29 is 13.9 Å². The fourth-order valence-corrected chi connectivity index (χ4v) is 1.68. The second kappa shape index (κ2) is 6.17. The number of benzene rings is 1. The second-order valence-electron chi connectivity index (χ2n) is 4.21. The van der Waals surface area contributed by atoms with Gasteiger partial charge in [-0.15, -0.1) is 0 Å². The Labute approximate surface area is 120 Å². The Bertz CT molecular complexity index is 728. The summed E-state index contributed by atoms with van der Waals surface area (Å²) in [5, 5.41) is 6.42. The average molecular weight is 291 g/mol. The van der Waals surface area contributed by atoms with Crippen LogP contribution in [0.5, 0.6) is 5.75 Å². The summed E-state index contributed by atoms with van der Waals surface area (Å²) >= 11 is 0. The quantitative estimate of drug-likeness (QED) is 0.928. The molecule has 6 nitrogen and oxygen atoms in total. The molecule has 2 aromatic rings. The summed E-state index contributed by atoms with van der Waals surface area (Å²) in [7, 11) is 1.45. The van der Waals surface area contributed by atoms with Crippen molar-refractivity contribution in [3.63, 3.8) is 0 Å². The lowest BCUT2D eigenvalue weighted by atomic mass is 10.2. The number of nitrogens with zero attached hydrogens (tertiary/aromatic N) is 2. The van der Waals surface area contributed by atoms with Crippen molar-refractivity contribution in [3.05, 3.63) is 52.2 Å². The van der Waals surface area contributed by atoms with Crippen molar-refractivity contribution in [1.29, 1.82) is 0 Å². The Morgan fingerprint density at radius 3 is 2.81 bits per heavy atom. The van der Waals surface area contributed by atoms with E-state index in [2.05, 4.69) is 10.4 Å². The minimum Gasteiger partial charge on any atom is -0.492 e. The van der Waals surface area contributed by atoms with E-state index in [1.54, 1.807) is 6.92 Å². The van der Waals surface area contributed by atoms with Gasteiger partial charge < -0.3 is 10.1 Å². The van der Waals surface area contributed by atoms with Gasteiger partial charge in [-0.2, -0.15) is 5.10 Å². The monoisotopic (exact) mass is 291 g/mol. The van der Waals surface area contributed by atoms with E-state index in [-0.39, 0.29) is 17.0 Å². The van der Waals surface area contributed by atoms with E-state index in [0.717, 1.165) is 4.68 Å². The van der Waals surface area contributed by atoms with E-state index in [0.29, 0.717) is 12.3 Å². The molecule has 0 unspecified atom stereocenters.